The standard InChI is InChI=1S/C22H26FN3O3/c23-17-7-3-8-18(15-17)24-21(27)20(16-5-1-2-6-16)25-10-12-26(13-11-25)22(28)19-9-4-14-29-19/h3-4,7-9,14-16,20H,1-2,5-6,10-13H2,(H,24,27). The van der Waals surface area contributed by atoms with Crippen molar-refractivity contribution in [2.24, 2.45) is 5.92 Å². The molecule has 2 aliphatic rings. The number of nitrogens with one attached hydrogen (secondary N) is 1. The highest BCUT2D eigenvalue weighted by Gasteiger charge is 2.37. The average molecular weight is 399 g/mol. The molecule has 154 valence electrons. The zero-order chi connectivity index (χ0) is 20.2. The number of amides is 2. The number of carbonyl (C=O) groups excluding carboxylic acids is 2. The van der Waals surface area contributed by atoms with Gasteiger partial charge in [0.15, 0.2) is 5.76 Å². The average Bonchev–Trinajstić information content (AvgIpc) is 3.43. The summed E-state index contributed by atoms with van der Waals surface area (Å²) < 4.78 is 18.7. The molecule has 1 aliphatic carbocycles. The van der Waals surface area contributed by atoms with Crippen molar-refractivity contribution in [3.8, 4) is 0 Å². The van der Waals surface area contributed by atoms with Crippen molar-refractivity contribution < 1.29 is 18.4 Å². The van der Waals surface area contributed by atoms with E-state index in [1.54, 1.807) is 29.2 Å². The molecule has 1 aromatic heterocycles. The highest BCUT2D eigenvalue weighted by atomic mass is 19.1. The van der Waals surface area contributed by atoms with Gasteiger partial charge in [0.2, 0.25) is 5.91 Å². The molecular formula is C22H26FN3O3. The molecule has 4 rings (SSSR count). The first-order valence-electron chi connectivity index (χ1n) is 10.2. The van der Waals surface area contributed by atoms with E-state index in [4.69, 9.17) is 4.42 Å². The Morgan fingerprint density at radius 3 is 2.48 bits per heavy atom. The van der Waals surface area contributed by atoms with Crippen LogP contribution in [0.1, 0.15) is 36.2 Å². The van der Waals surface area contributed by atoms with Gasteiger partial charge in [-0.1, -0.05) is 18.9 Å². The van der Waals surface area contributed by atoms with Crippen molar-refractivity contribution in [2.45, 2.75) is 31.7 Å². The Labute approximate surface area is 169 Å². The molecule has 1 saturated carbocycles. The Morgan fingerprint density at radius 2 is 1.83 bits per heavy atom. The summed E-state index contributed by atoms with van der Waals surface area (Å²) in [6.07, 6.45) is 5.80. The molecule has 0 spiro atoms. The molecular weight excluding hydrogens is 373 g/mol. The first-order chi connectivity index (χ1) is 14.1. The van der Waals surface area contributed by atoms with Crippen molar-refractivity contribution >= 4 is 17.5 Å². The van der Waals surface area contributed by atoms with E-state index in [1.165, 1.54) is 18.4 Å². The fourth-order valence-electron chi connectivity index (χ4n) is 4.49. The van der Waals surface area contributed by atoms with E-state index in [0.717, 1.165) is 25.7 Å². The van der Waals surface area contributed by atoms with Crippen LogP contribution in [-0.2, 0) is 4.79 Å². The van der Waals surface area contributed by atoms with Gasteiger partial charge in [-0.2, -0.15) is 0 Å². The predicted molar refractivity (Wildman–Crippen MR) is 107 cm³/mol. The number of hydrogen-bond donors (Lipinski definition) is 1. The minimum atomic E-state index is -0.370. The summed E-state index contributed by atoms with van der Waals surface area (Å²) in [4.78, 5) is 29.6. The largest absolute Gasteiger partial charge is 0.459 e. The van der Waals surface area contributed by atoms with Gasteiger partial charge in [0, 0.05) is 31.9 Å². The lowest BCUT2D eigenvalue weighted by atomic mass is 9.95. The van der Waals surface area contributed by atoms with Crippen LogP contribution in [0.15, 0.2) is 47.1 Å². The summed E-state index contributed by atoms with van der Waals surface area (Å²) in [5.74, 6) is 0.0559. The normalized spacial score (nSPS) is 19.3. The summed E-state index contributed by atoms with van der Waals surface area (Å²) in [6, 6.07) is 9.10. The molecule has 2 heterocycles. The number of hydrogen-bond acceptors (Lipinski definition) is 4. The second-order valence-electron chi connectivity index (χ2n) is 7.79. The fourth-order valence-corrected chi connectivity index (χ4v) is 4.49. The van der Waals surface area contributed by atoms with E-state index in [9.17, 15) is 14.0 Å². The first kappa shape index (κ1) is 19.6. The number of benzene rings is 1. The molecule has 7 heteroatoms. The molecule has 2 amide bonds. The van der Waals surface area contributed by atoms with Gasteiger partial charge in [-0.15, -0.1) is 0 Å². The van der Waals surface area contributed by atoms with Crippen LogP contribution in [-0.4, -0.2) is 53.8 Å². The maximum atomic E-state index is 13.5. The van der Waals surface area contributed by atoms with Gasteiger partial charge in [0.1, 0.15) is 5.82 Å². The molecule has 1 N–H and O–H groups in total. The van der Waals surface area contributed by atoms with E-state index >= 15 is 0 Å². The predicted octanol–water partition coefficient (Wildman–Crippen LogP) is 3.37. The van der Waals surface area contributed by atoms with Crippen molar-refractivity contribution in [2.75, 3.05) is 31.5 Å². The number of anilines is 1. The molecule has 29 heavy (non-hydrogen) atoms. The van der Waals surface area contributed by atoms with Crippen LogP contribution in [0.3, 0.4) is 0 Å². The lowest BCUT2D eigenvalue weighted by Gasteiger charge is -2.40. The first-order valence-corrected chi connectivity index (χ1v) is 10.2. The molecule has 0 radical (unpaired) electrons. The summed E-state index contributed by atoms with van der Waals surface area (Å²) in [5, 5.41) is 2.90. The fraction of sp³-hybridized carbons (Fsp3) is 0.455. The number of rotatable bonds is 5. The monoisotopic (exact) mass is 399 g/mol. The highest BCUT2D eigenvalue weighted by Crippen LogP contribution is 2.32. The van der Waals surface area contributed by atoms with Crippen molar-refractivity contribution in [1.82, 2.24) is 9.80 Å². The topological polar surface area (TPSA) is 65.8 Å². The van der Waals surface area contributed by atoms with E-state index in [1.807, 2.05) is 0 Å². The maximum absolute atomic E-state index is 13.5. The summed E-state index contributed by atoms with van der Waals surface area (Å²) in [5.41, 5.74) is 0.477. The second kappa shape index (κ2) is 8.78. The van der Waals surface area contributed by atoms with Crippen LogP contribution in [0, 0.1) is 11.7 Å². The molecule has 1 aliphatic heterocycles. The molecule has 1 aromatic carbocycles. The summed E-state index contributed by atoms with van der Waals surface area (Å²) in [7, 11) is 0. The number of halogens is 1. The number of furan rings is 1. The van der Waals surface area contributed by atoms with Crippen molar-refractivity contribution in [1.29, 1.82) is 0 Å². The van der Waals surface area contributed by atoms with Crippen LogP contribution in [0.2, 0.25) is 0 Å². The summed E-state index contributed by atoms with van der Waals surface area (Å²) in [6.45, 7) is 2.36. The zero-order valence-corrected chi connectivity index (χ0v) is 16.4. The van der Waals surface area contributed by atoms with Crippen LogP contribution in [0.4, 0.5) is 10.1 Å². The SMILES string of the molecule is O=C(Nc1cccc(F)c1)C(C1CCCC1)N1CCN(C(=O)c2ccco2)CC1. The minimum absolute atomic E-state index is 0.0895. The van der Waals surface area contributed by atoms with Crippen LogP contribution in [0.5, 0.6) is 0 Å². The van der Waals surface area contributed by atoms with Crippen LogP contribution >= 0.6 is 0 Å². The smallest absolute Gasteiger partial charge is 0.289 e. The molecule has 2 fully saturated rings. The number of piperazine rings is 1. The third-order valence-electron chi connectivity index (χ3n) is 5.93. The quantitative estimate of drug-likeness (QED) is 0.837. The molecule has 0 bridgehead atoms. The van der Waals surface area contributed by atoms with E-state index < -0.39 is 0 Å². The molecule has 1 unspecified atom stereocenters. The van der Waals surface area contributed by atoms with Crippen LogP contribution in [0.25, 0.3) is 0 Å². The lowest BCUT2D eigenvalue weighted by Crippen LogP contribution is -2.56. The number of nitrogens with zero attached hydrogens (tertiary/aromatic N) is 2. The highest BCUT2D eigenvalue weighted by molar-refractivity contribution is 5.95. The minimum Gasteiger partial charge on any atom is -0.459 e. The van der Waals surface area contributed by atoms with E-state index in [-0.39, 0.29) is 29.6 Å². The van der Waals surface area contributed by atoms with Gasteiger partial charge in [0.25, 0.3) is 5.91 Å². The Balaban J connectivity index is 1.43. The van der Waals surface area contributed by atoms with E-state index in [2.05, 4.69) is 10.2 Å². The van der Waals surface area contributed by atoms with Crippen molar-refractivity contribution in [3.05, 3.63) is 54.2 Å². The third-order valence-corrected chi connectivity index (χ3v) is 5.93. The zero-order valence-electron chi connectivity index (χ0n) is 16.4. The molecule has 1 atom stereocenters. The van der Waals surface area contributed by atoms with Gasteiger partial charge in [-0.25, -0.2) is 4.39 Å². The Morgan fingerprint density at radius 1 is 1.07 bits per heavy atom. The second-order valence-corrected chi connectivity index (χ2v) is 7.79. The van der Waals surface area contributed by atoms with Gasteiger partial charge >= 0.3 is 0 Å². The molecule has 2 aromatic rings. The van der Waals surface area contributed by atoms with Crippen LogP contribution < -0.4 is 5.32 Å². The Bertz CT molecular complexity index is 841. The van der Waals surface area contributed by atoms with Gasteiger partial charge < -0.3 is 14.6 Å². The van der Waals surface area contributed by atoms with Gasteiger partial charge in [-0.3, -0.25) is 14.5 Å². The number of carbonyl (C=O) groups is 2. The molecule has 6 nitrogen and oxygen atoms in total. The van der Waals surface area contributed by atoms with Gasteiger partial charge in [-0.05, 0) is 49.1 Å². The lowest BCUT2D eigenvalue weighted by molar-refractivity contribution is -0.123. The maximum Gasteiger partial charge on any atom is 0.289 e. The molecule has 1 saturated heterocycles. The Kier molecular flexibility index (Phi) is 5.94. The van der Waals surface area contributed by atoms with E-state index in [0.29, 0.717) is 37.6 Å². The van der Waals surface area contributed by atoms with Crippen molar-refractivity contribution in [3.63, 3.8) is 0 Å². The summed E-state index contributed by atoms with van der Waals surface area (Å²) >= 11 is 0. The third kappa shape index (κ3) is 4.50. The Hall–Kier alpha value is -2.67. The van der Waals surface area contributed by atoms with Gasteiger partial charge in [0.05, 0.1) is 12.3 Å².